The van der Waals surface area contributed by atoms with E-state index < -0.39 is 5.92 Å². The van der Waals surface area contributed by atoms with E-state index in [4.69, 9.17) is 14.1 Å². The molecule has 154 valence electrons. The second kappa shape index (κ2) is 6.34. The number of carbonyl (C=O) groups is 1. The number of fused-ring (bicyclic) bond motifs is 3. The van der Waals surface area contributed by atoms with E-state index in [0.717, 1.165) is 5.56 Å². The highest BCUT2D eigenvalue weighted by atomic mass is 16.5. The first-order valence-corrected chi connectivity index (χ1v) is 10.1. The largest absolute Gasteiger partial charge is 0.468 e. The van der Waals surface area contributed by atoms with E-state index in [1.54, 1.807) is 29.5 Å². The fourth-order valence-corrected chi connectivity index (χ4v) is 4.50. The van der Waals surface area contributed by atoms with E-state index in [-0.39, 0.29) is 11.2 Å². The van der Waals surface area contributed by atoms with Gasteiger partial charge in [-0.2, -0.15) is 0 Å². The highest BCUT2D eigenvalue weighted by molar-refractivity contribution is 6.00. The summed E-state index contributed by atoms with van der Waals surface area (Å²) < 4.78 is 13.6. The van der Waals surface area contributed by atoms with Gasteiger partial charge >= 0.3 is 0 Å². The van der Waals surface area contributed by atoms with E-state index >= 15 is 0 Å². The molecule has 0 spiro atoms. The van der Waals surface area contributed by atoms with E-state index in [2.05, 4.69) is 28.9 Å². The number of ether oxygens (including phenoxy) is 1. The van der Waals surface area contributed by atoms with E-state index in [1.165, 1.54) is 0 Å². The fourth-order valence-electron chi connectivity index (χ4n) is 4.50. The minimum atomic E-state index is -0.445. The van der Waals surface area contributed by atoms with Crippen LogP contribution in [-0.2, 0) is 4.79 Å². The number of aromatic nitrogens is 5. The molecule has 1 atom stereocenters. The zero-order valence-corrected chi connectivity index (χ0v) is 17.1. The molecule has 8 nitrogen and oxygen atoms in total. The molecule has 0 amide bonds. The van der Waals surface area contributed by atoms with Crippen LogP contribution >= 0.6 is 0 Å². The van der Waals surface area contributed by atoms with Gasteiger partial charge in [0.1, 0.15) is 17.8 Å². The molecule has 1 aliphatic carbocycles. The van der Waals surface area contributed by atoms with Gasteiger partial charge in [-0.25, -0.2) is 14.5 Å². The number of rotatable bonds is 2. The molecule has 1 aliphatic heterocycles. The number of allylic oxidation sites excluding steroid dienone is 2. The summed E-state index contributed by atoms with van der Waals surface area (Å²) in [6.07, 6.45) is 7.72. The van der Waals surface area contributed by atoms with Gasteiger partial charge in [0.2, 0.25) is 5.88 Å². The van der Waals surface area contributed by atoms with Crippen molar-refractivity contribution in [3.63, 3.8) is 0 Å². The lowest BCUT2D eigenvalue weighted by Gasteiger charge is -2.36. The van der Waals surface area contributed by atoms with Crippen molar-refractivity contribution in [1.29, 1.82) is 0 Å². The predicted molar refractivity (Wildman–Crippen MR) is 110 cm³/mol. The molecule has 4 aromatic rings. The van der Waals surface area contributed by atoms with Crippen molar-refractivity contribution in [3.8, 4) is 17.3 Å². The molecule has 0 saturated carbocycles. The number of nitrogens with zero attached hydrogens (tertiary/aromatic N) is 5. The van der Waals surface area contributed by atoms with Gasteiger partial charge in [-0.15, -0.1) is 5.10 Å². The highest BCUT2D eigenvalue weighted by Gasteiger charge is 2.44. The highest BCUT2D eigenvalue weighted by Crippen LogP contribution is 2.50. The Balaban J connectivity index is 1.60. The van der Waals surface area contributed by atoms with Crippen LogP contribution in [0, 0.1) is 5.41 Å². The van der Waals surface area contributed by atoms with Crippen molar-refractivity contribution >= 4 is 11.4 Å². The lowest BCUT2D eigenvalue weighted by molar-refractivity contribution is -0.118. The molecule has 8 heteroatoms. The van der Waals surface area contributed by atoms with Gasteiger partial charge in [-0.3, -0.25) is 9.78 Å². The number of furan rings is 1. The molecule has 0 aromatic carbocycles. The number of Topliss-reactive ketones (excluding diaryl/α,β-unsaturated/α-hetero) is 1. The first-order valence-electron chi connectivity index (χ1n) is 10.1. The Hall–Kier alpha value is -3.81. The van der Waals surface area contributed by atoms with E-state index in [1.807, 2.05) is 24.3 Å². The van der Waals surface area contributed by atoms with Crippen LogP contribution in [0.4, 0.5) is 0 Å². The Morgan fingerprint density at radius 3 is 2.87 bits per heavy atom. The maximum Gasteiger partial charge on any atom is 0.228 e. The number of hydrogen-bond donors (Lipinski definition) is 0. The molecule has 31 heavy (non-hydrogen) atoms. The number of ketones is 1. The third-order valence-electron chi connectivity index (χ3n) is 5.81. The van der Waals surface area contributed by atoms with Crippen LogP contribution in [0.2, 0.25) is 0 Å². The molecule has 5 heterocycles. The summed E-state index contributed by atoms with van der Waals surface area (Å²) in [6, 6.07) is 7.43. The number of carbonyl (C=O) groups excluding carboxylic acids is 1. The van der Waals surface area contributed by atoms with Crippen LogP contribution in [0.3, 0.4) is 0 Å². The Morgan fingerprint density at radius 1 is 1.19 bits per heavy atom. The Kier molecular flexibility index (Phi) is 3.68. The van der Waals surface area contributed by atoms with Gasteiger partial charge in [-0.1, -0.05) is 13.8 Å². The quantitative estimate of drug-likeness (QED) is 0.491. The average molecular weight is 413 g/mol. The van der Waals surface area contributed by atoms with Crippen LogP contribution in [0.1, 0.15) is 43.9 Å². The fraction of sp³-hybridized carbons (Fsp3) is 0.261. The van der Waals surface area contributed by atoms with Gasteiger partial charge in [-0.05, 0) is 29.7 Å². The van der Waals surface area contributed by atoms with Crippen molar-refractivity contribution in [2.75, 3.05) is 0 Å². The monoisotopic (exact) mass is 413 g/mol. The Morgan fingerprint density at radius 2 is 2.10 bits per heavy atom. The van der Waals surface area contributed by atoms with Crippen molar-refractivity contribution in [3.05, 3.63) is 71.9 Å². The molecular formula is C23H19N5O3. The van der Waals surface area contributed by atoms with Crippen molar-refractivity contribution in [2.24, 2.45) is 5.41 Å². The van der Waals surface area contributed by atoms with Crippen LogP contribution in [0.25, 0.3) is 17.0 Å². The van der Waals surface area contributed by atoms with Gasteiger partial charge in [0.25, 0.3) is 0 Å². The molecule has 0 saturated heterocycles. The number of hydrogen-bond acceptors (Lipinski definition) is 7. The average Bonchev–Trinajstić information content (AvgIpc) is 3.42. The molecule has 0 fully saturated rings. The van der Waals surface area contributed by atoms with Crippen LogP contribution < -0.4 is 4.74 Å². The van der Waals surface area contributed by atoms with Gasteiger partial charge in [0, 0.05) is 36.4 Å². The Bertz CT molecular complexity index is 1350. The normalized spacial score (nSPS) is 19.8. The second-order valence-electron chi connectivity index (χ2n) is 8.74. The predicted octanol–water partition coefficient (Wildman–Crippen LogP) is 3.95. The maximum atomic E-state index is 13.3. The summed E-state index contributed by atoms with van der Waals surface area (Å²) in [6.45, 7) is 4.15. The topological polar surface area (TPSA) is 95.4 Å². The first kappa shape index (κ1) is 18.0. The third-order valence-corrected chi connectivity index (χ3v) is 5.81. The smallest absolute Gasteiger partial charge is 0.228 e. The molecule has 0 unspecified atom stereocenters. The minimum Gasteiger partial charge on any atom is -0.468 e. The maximum absolute atomic E-state index is 13.3. The second-order valence-corrected chi connectivity index (χ2v) is 8.74. The van der Waals surface area contributed by atoms with E-state index in [0.29, 0.717) is 52.8 Å². The third kappa shape index (κ3) is 2.78. The zero-order chi connectivity index (χ0) is 21.2. The number of pyridine rings is 1. The minimum absolute atomic E-state index is 0.0623. The molecule has 2 aliphatic rings. The SMILES string of the molecule is CC1(C)CC(=O)C2=C(C1)Oc1ncn3nc(-c4cccnc4)nc3c1[C@H]2c1ccco1. The van der Waals surface area contributed by atoms with Crippen molar-refractivity contribution in [1.82, 2.24) is 24.6 Å². The van der Waals surface area contributed by atoms with Gasteiger partial charge < -0.3 is 9.15 Å². The first-order chi connectivity index (χ1) is 15.0. The summed E-state index contributed by atoms with van der Waals surface area (Å²) in [5.41, 5.74) is 2.51. The van der Waals surface area contributed by atoms with Crippen LogP contribution in [-0.4, -0.2) is 30.3 Å². The zero-order valence-electron chi connectivity index (χ0n) is 17.1. The van der Waals surface area contributed by atoms with Crippen molar-refractivity contribution < 1.29 is 13.9 Å². The summed E-state index contributed by atoms with van der Waals surface area (Å²) in [7, 11) is 0. The Labute approximate surface area is 177 Å². The van der Waals surface area contributed by atoms with E-state index in [9.17, 15) is 4.79 Å². The summed E-state index contributed by atoms with van der Waals surface area (Å²) in [4.78, 5) is 26.7. The molecule has 0 bridgehead atoms. The lowest BCUT2D eigenvalue weighted by Crippen LogP contribution is -2.33. The van der Waals surface area contributed by atoms with Gasteiger partial charge in [0.15, 0.2) is 17.3 Å². The molecule has 0 radical (unpaired) electrons. The lowest BCUT2D eigenvalue weighted by atomic mass is 9.71. The summed E-state index contributed by atoms with van der Waals surface area (Å²) in [5, 5.41) is 4.57. The van der Waals surface area contributed by atoms with Gasteiger partial charge in [0.05, 0.1) is 17.7 Å². The van der Waals surface area contributed by atoms with Crippen molar-refractivity contribution in [2.45, 2.75) is 32.6 Å². The standard InChI is InChI=1S/C23H19N5O3/c1-23(2)9-14(29)17-16(10-23)31-22-19(18(17)15-6-4-8-30-15)21-26-20(27-28(21)12-25-22)13-5-3-7-24-11-13/h3-8,11-12,18H,9-10H2,1-2H3/t18-/m0/s1. The molecular weight excluding hydrogens is 394 g/mol. The molecule has 4 aromatic heterocycles. The summed E-state index contributed by atoms with van der Waals surface area (Å²) >= 11 is 0. The molecule has 0 N–H and O–H groups in total. The van der Waals surface area contributed by atoms with Crippen LogP contribution in [0.5, 0.6) is 5.88 Å². The molecule has 6 rings (SSSR count). The summed E-state index contributed by atoms with van der Waals surface area (Å²) in [5.74, 6) is 1.90. The van der Waals surface area contributed by atoms with Crippen LogP contribution in [0.15, 0.2) is 65.0 Å².